The maximum Gasteiger partial charge on any atom is 0.255 e. The Balaban J connectivity index is 1.28. The molecule has 11 heteroatoms. The van der Waals surface area contributed by atoms with Crippen LogP contribution in [0.2, 0.25) is 0 Å². The highest BCUT2D eigenvalue weighted by Crippen LogP contribution is 2.39. The molecule has 2 N–H and O–H groups in total. The summed E-state index contributed by atoms with van der Waals surface area (Å²) in [7, 11) is 1.64. The molecule has 11 nitrogen and oxygen atoms in total. The molecule has 2 aromatic heterocycles. The van der Waals surface area contributed by atoms with Crippen LogP contribution < -0.4 is 20.3 Å². The lowest BCUT2D eigenvalue weighted by Crippen LogP contribution is -2.59. The average Bonchev–Trinajstić information content (AvgIpc) is 3.57. The smallest absolute Gasteiger partial charge is 0.255 e. The number of benzene rings is 1. The molecule has 0 radical (unpaired) electrons. The minimum atomic E-state index is -0.794. The Hall–Kier alpha value is -3.70. The summed E-state index contributed by atoms with van der Waals surface area (Å²) < 4.78 is 18.7. The van der Waals surface area contributed by atoms with E-state index in [-0.39, 0.29) is 5.91 Å². The molecule has 2 fully saturated rings. The third kappa shape index (κ3) is 4.49. The molecule has 0 aliphatic carbocycles. The zero-order valence-electron chi connectivity index (χ0n) is 21.1. The van der Waals surface area contributed by atoms with Crippen LogP contribution in [-0.4, -0.2) is 71.0 Å². The van der Waals surface area contributed by atoms with E-state index in [0.717, 1.165) is 43.1 Å². The lowest BCUT2D eigenvalue weighted by molar-refractivity contribution is -0.123. The molecular formula is C26H31N7O4. The summed E-state index contributed by atoms with van der Waals surface area (Å²) in [6, 6.07) is 5.79. The largest absolute Gasteiger partial charge is 0.494 e. The second-order valence-electron chi connectivity index (χ2n) is 9.84. The van der Waals surface area contributed by atoms with Gasteiger partial charge in [0.05, 0.1) is 37.6 Å². The van der Waals surface area contributed by atoms with Gasteiger partial charge in [0.2, 0.25) is 5.95 Å². The van der Waals surface area contributed by atoms with E-state index in [1.54, 1.807) is 19.6 Å². The number of fused-ring (bicyclic) bond motifs is 1. The van der Waals surface area contributed by atoms with Crippen LogP contribution in [0.4, 0.5) is 23.1 Å². The normalized spacial score (nSPS) is 21.7. The molecule has 2 saturated heterocycles. The van der Waals surface area contributed by atoms with Crippen molar-refractivity contribution in [2.45, 2.75) is 31.7 Å². The average molecular weight is 506 g/mol. The molecule has 194 valence electrons. The number of aromatic nitrogens is 4. The highest BCUT2D eigenvalue weighted by Gasteiger charge is 2.49. The van der Waals surface area contributed by atoms with Crippen molar-refractivity contribution < 1.29 is 19.0 Å². The van der Waals surface area contributed by atoms with Crippen LogP contribution in [0.25, 0.3) is 5.69 Å². The van der Waals surface area contributed by atoms with E-state index in [2.05, 4.69) is 20.6 Å². The van der Waals surface area contributed by atoms with Gasteiger partial charge in [-0.2, -0.15) is 4.98 Å². The Morgan fingerprint density at radius 2 is 2.05 bits per heavy atom. The van der Waals surface area contributed by atoms with E-state index in [1.165, 1.54) is 0 Å². The van der Waals surface area contributed by atoms with Gasteiger partial charge in [0.1, 0.15) is 17.0 Å². The number of nitrogens with zero attached hydrogens (tertiary/aromatic N) is 5. The van der Waals surface area contributed by atoms with Crippen LogP contribution in [0.15, 0.2) is 36.9 Å². The van der Waals surface area contributed by atoms with Gasteiger partial charge in [-0.25, -0.2) is 9.97 Å². The van der Waals surface area contributed by atoms with Gasteiger partial charge in [-0.1, -0.05) is 0 Å². The van der Waals surface area contributed by atoms with Crippen LogP contribution >= 0.6 is 0 Å². The van der Waals surface area contributed by atoms with Gasteiger partial charge >= 0.3 is 0 Å². The van der Waals surface area contributed by atoms with Crippen molar-refractivity contribution in [3.63, 3.8) is 0 Å². The molecule has 3 aliphatic heterocycles. The van der Waals surface area contributed by atoms with Gasteiger partial charge < -0.3 is 34.3 Å². The first-order chi connectivity index (χ1) is 18.0. The number of hydrogen-bond acceptors (Lipinski definition) is 9. The summed E-state index contributed by atoms with van der Waals surface area (Å²) in [5.41, 5.74) is 2.49. The van der Waals surface area contributed by atoms with Crippen molar-refractivity contribution in [2.24, 2.45) is 5.92 Å². The minimum absolute atomic E-state index is 0.0309. The van der Waals surface area contributed by atoms with Crippen LogP contribution in [-0.2, 0) is 14.3 Å². The number of aryl methyl sites for hydroxylation is 1. The highest BCUT2D eigenvalue weighted by molar-refractivity contribution is 6.07. The van der Waals surface area contributed by atoms with Crippen molar-refractivity contribution in [1.29, 1.82) is 0 Å². The molecular weight excluding hydrogens is 474 g/mol. The number of imidazole rings is 1. The number of amides is 1. The third-order valence-electron chi connectivity index (χ3n) is 7.30. The Bertz CT molecular complexity index is 1300. The highest BCUT2D eigenvalue weighted by atomic mass is 16.5. The summed E-state index contributed by atoms with van der Waals surface area (Å²) in [4.78, 5) is 29.1. The first-order valence-electron chi connectivity index (χ1n) is 12.6. The molecule has 5 heterocycles. The zero-order valence-corrected chi connectivity index (χ0v) is 21.1. The topological polar surface area (TPSA) is 116 Å². The van der Waals surface area contributed by atoms with Gasteiger partial charge in [0.25, 0.3) is 5.91 Å². The molecule has 1 spiro atoms. The van der Waals surface area contributed by atoms with E-state index < -0.39 is 5.54 Å². The standard InChI is InChI=1S/C26H31N7O4/c1-17-13-32(16-28-17)20-4-3-19(11-22(20)35-2)29-25-27-12-21-23(30-25)31-26(7-10-37-15-26)24(34)33(21)14-18-5-8-36-9-6-18/h3-4,11-13,16,18H,5-10,14-15H2,1-2H3,(H2,27,29,30,31). The molecule has 1 aromatic carbocycles. The number of rotatable bonds is 6. The van der Waals surface area contributed by atoms with Gasteiger partial charge in [-0.05, 0) is 37.8 Å². The molecule has 3 aliphatic rings. The number of carbonyl (C=O) groups is 1. The number of ether oxygens (including phenoxy) is 3. The number of carbonyl (C=O) groups excluding carboxylic acids is 1. The SMILES string of the molecule is COc1cc(Nc2ncc3c(n2)NC2(CCOC2)C(=O)N3CC2CCOCC2)ccc1-n1cnc(C)c1. The fourth-order valence-electron chi connectivity index (χ4n) is 5.22. The molecule has 0 bridgehead atoms. The Kier molecular flexibility index (Phi) is 6.17. The first-order valence-corrected chi connectivity index (χ1v) is 12.6. The van der Waals surface area contributed by atoms with Crippen LogP contribution in [0.3, 0.4) is 0 Å². The maximum atomic E-state index is 13.6. The predicted octanol–water partition coefficient (Wildman–Crippen LogP) is 3.07. The van der Waals surface area contributed by atoms with Crippen molar-refractivity contribution in [3.8, 4) is 11.4 Å². The molecule has 37 heavy (non-hydrogen) atoms. The van der Waals surface area contributed by atoms with Gasteiger partial charge in [0.15, 0.2) is 5.82 Å². The summed E-state index contributed by atoms with van der Waals surface area (Å²) in [6.45, 7) is 4.90. The fourth-order valence-corrected chi connectivity index (χ4v) is 5.22. The molecule has 1 amide bonds. The second kappa shape index (κ2) is 9.64. The lowest BCUT2D eigenvalue weighted by Gasteiger charge is -2.41. The Morgan fingerprint density at radius 1 is 1.19 bits per heavy atom. The molecule has 1 atom stereocenters. The van der Waals surface area contributed by atoms with E-state index >= 15 is 0 Å². The first kappa shape index (κ1) is 23.7. The van der Waals surface area contributed by atoms with Gasteiger partial charge in [-0.3, -0.25) is 4.79 Å². The lowest BCUT2D eigenvalue weighted by atomic mass is 9.92. The number of nitrogens with one attached hydrogen (secondary N) is 2. The monoisotopic (exact) mass is 505 g/mol. The number of anilines is 4. The predicted molar refractivity (Wildman–Crippen MR) is 138 cm³/mol. The van der Waals surface area contributed by atoms with Gasteiger partial charge in [-0.15, -0.1) is 0 Å². The Labute approximate surface area is 215 Å². The summed E-state index contributed by atoms with van der Waals surface area (Å²) in [5, 5.41) is 6.68. The Morgan fingerprint density at radius 3 is 2.78 bits per heavy atom. The van der Waals surface area contributed by atoms with E-state index in [4.69, 9.17) is 19.2 Å². The molecule has 6 rings (SSSR count). The minimum Gasteiger partial charge on any atom is -0.494 e. The molecule has 0 saturated carbocycles. The van der Waals surface area contributed by atoms with E-state index in [0.29, 0.717) is 55.3 Å². The van der Waals surface area contributed by atoms with E-state index in [9.17, 15) is 4.79 Å². The summed E-state index contributed by atoms with van der Waals surface area (Å²) in [6.07, 6.45) is 7.90. The number of hydrogen-bond donors (Lipinski definition) is 2. The van der Waals surface area contributed by atoms with Crippen molar-refractivity contribution in [1.82, 2.24) is 19.5 Å². The zero-order chi connectivity index (χ0) is 25.4. The number of methoxy groups -OCH3 is 1. The quantitative estimate of drug-likeness (QED) is 0.521. The van der Waals surface area contributed by atoms with Crippen LogP contribution in [0, 0.1) is 12.8 Å². The summed E-state index contributed by atoms with van der Waals surface area (Å²) >= 11 is 0. The van der Waals surface area contributed by atoms with Crippen molar-refractivity contribution >= 4 is 29.0 Å². The van der Waals surface area contributed by atoms with Crippen molar-refractivity contribution in [2.75, 3.05) is 55.6 Å². The van der Waals surface area contributed by atoms with Crippen molar-refractivity contribution in [3.05, 3.63) is 42.6 Å². The van der Waals surface area contributed by atoms with Gasteiger partial charge in [0, 0.05) is 50.7 Å². The summed E-state index contributed by atoms with van der Waals surface area (Å²) in [5.74, 6) is 2.16. The van der Waals surface area contributed by atoms with E-state index in [1.807, 2.05) is 40.8 Å². The molecule has 1 unspecified atom stereocenters. The second-order valence-corrected chi connectivity index (χ2v) is 9.84. The van der Waals surface area contributed by atoms with Crippen LogP contribution in [0.5, 0.6) is 5.75 Å². The third-order valence-corrected chi connectivity index (χ3v) is 7.30. The maximum absolute atomic E-state index is 13.6. The fraction of sp³-hybridized carbons (Fsp3) is 0.462. The molecule has 3 aromatic rings. The van der Waals surface area contributed by atoms with Crippen LogP contribution in [0.1, 0.15) is 25.0 Å².